The number of aliphatic carboxylic acids is 1. The van der Waals surface area contributed by atoms with Crippen LogP contribution in [0.4, 0.5) is 5.69 Å². The van der Waals surface area contributed by atoms with E-state index in [1.807, 2.05) is 54.1 Å². The van der Waals surface area contributed by atoms with Gasteiger partial charge in [-0.3, -0.25) is 4.79 Å². The molecule has 226 valence electrons. The molecular weight excluding hydrogens is 568 g/mol. The van der Waals surface area contributed by atoms with Gasteiger partial charge in [-0.2, -0.15) is 0 Å². The number of nitrogens with zero attached hydrogens (tertiary/aromatic N) is 3. The molecule has 4 aromatic carbocycles. The molecule has 8 heteroatoms. The van der Waals surface area contributed by atoms with Gasteiger partial charge in [0.1, 0.15) is 5.75 Å². The van der Waals surface area contributed by atoms with E-state index < -0.39 is 5.97 Å². The standard InChI is InChI=1S/C36H38N4O3S/c1-36(2,3)29-15-12-27(13-16-29)34-38-39-35(40(34)4)44-31-19-14-28(24-37-30-17-10-26(11-18-30)22-33(41)42)32(23-31)43-21-20-25-8-6-5-7-9-25/h5-19,23,37H,20-22,24H2,1-4H3,(H,41,42). The van der Waals surface area contributed by atoms with Crippen molar-refractivity contribution in [2.75, 3.05) is 11.9 Å². The minimum absolute atomic E-state index is 0.00923. The average molecular weight is 607 g/mol. The normalized spacial score (nSPS) is 11.4. The van der Waals surface area contributed by atoms with Crippen LogP contribution in [-0.2, 0) is 36.6 Å². The molecule has 0 unspecified atom stereocenters. The third-order valence-corrected chi connectivity index (χ3v) is 8.40. The molecule has 0 saturated carbocycles. The summed E-state index contributed by atoms with van der Waals surface area (Å²) in [7, 11) is 1.99. The molecule has 0 bridgehead atoms. The van der Waals surface area contributed by atoms with Gasteiger partial charge >= 0.3 is 5.97 Å². The number of anilines is 1. The van der Waals surface area contributed by atoms with Crippen molar-refractivity contribution in [3.05, 3.63) is 119 Å². The van der Waals surface area contributed by atoms with E-state index in [1.165, 1.54) is 11.1 Å². The summed E-state index contributed by atoms with van der Waals surface area (Å²) in [6.45, 7) is 7.74. The topological polar surface area (TPSA) is 89.3 Å². The molecule has 1 heterocycles. The Kier molecular flexibility index (Phi) is 9.70. The van der Waals surface area contributed by atoms with E-state index >= 15 is 0 Å². The Hall–Kier alpha value is -4.56. The maximum atomic E-state index is 11.0. The number of hydrogen-bond acceptors (Lipinski definition) is 6. The third-order valence-electron chi connectivity index (χ3n) is 7.38. The summed E-state index contributed by atoms with van der Waals surface area (Å²) < 4.78 is 8.38. The minimum atomic E-state index is -0.840. The minimum Gasteiger partial charge on any atom is -0.493 e. The maximum Gasteiger partial charge on any atom is 0.307 e. The van der Waals surface area contributed by atoms with Crippen molar-refractivity contribution in [1.82, 2.24) is 14.8 Å². The van der Waals surface area contributed by atoms with Gasteiger partial charge in [0.2, 0.25) is 0 Å². The number of rotatable bonds is 12. The number of carbonyl (C=O) groups is 1. The van der Waals surface area contributed by atoms with Crippen LogP contribution in [0.1, 0.15) is 43.0 Å². The van der Waals surface area contributed by atoms with Crippen molar-refractivity contribution in [2.45, 2.75) is 55.6 Å². The first-order valence-electron chi connectivity index (χ1n) is 14.7. The molecule has 0 aliphatic heterocycles. The number of aromatic nitrogens is 3. The SMILES string of the molecule is Cn1c(Sc2ccc(CNc3ccc(CC(=O)O)cc3)c(OCCc3ccccc3)c2)nnc1-c1ccc(C(C)(C)C)cc1. The summed E-state index contributed by atoms with van der Waals surface area (Å²) in [6, 6.07) is 32.5. The van der Waals surface area contributed by atoms with Crippen LogP contribution >= 0.6 is 11.8 Å². The summed E-state index contributed by atoms with van der Waals surface area (Å²) in [6.07, 6.45) is 0.812. The van der Waals surface area contributed by atoms with Crippen LogP contribution in [0.3, 0.4) is 0 Å². The number of carboxylic acid groups (broad SMARTS) is 1. The van der Waals surface area contributed by atoms with Crippen molar-refractivity contribution >= 4 is 23.4 Å². The number of benzene rings is 4. The zero-order chi connectivity index (χ0) is 31.1. The van der Waals surface area contributed by atoms with E-state index in [4.69, 9.17) is 9.84 Å². The predicted molar refractivity (Wildman–Crippen MR) is 176 cm³/mol. The van der Waals surface area contributed by atoms with Crippen molar-refractivity contribution in [2.24, 2.45) is 7.05 Å². The van der Waals surface area contributed by atoms with E-state index in [0.717, 1.165) is 50.4 Å². The Morgan fingerprint density at radius 3 is 2.32 bits per heavy atom. The molecular formula is C36H38N4O3S. The predicted octanol–water partition coefficient (Wildman–Crippen LogP) is 7.79. The molecule has 0 radical (unpaired) electrons. The lowest BCUT2D eigenvalue weighted by atomic mass is 9.87. The monoisotopic (exact) mass is 606 g/mol. The van der Waals surface area contributed by atoms with Gasteiger partial charge in [0, 0.05) is 41.7 Å². The fourth-order valence-corrected chi connectivity index (χ4v) is 5.61. The lowest BCUT2D eigenvalue weighted by Gasteiger charge is -2.19. The highest BCUT2D eigenvalue weighted by Crippen LogP contribution is 2.33. The first-order valence-corrected chi connectivity index (χ1v) is 15.5. The summed E-state index contributed by atoms with van der Waals surface area (Å²) in [5, 5.41) is 22.3. The summed E-state index contributed by atoms with van der Waals surface area (Å²) >= 11 is 1.55. The highest BCUT2D eigenvalue weighted by Gasteiger charge is 2.17. The second-order valence-corrected chi connectivity index (χ2v) is 12.8. The first kappa shape index (κ1) is 30.9. The van der Waals surface area contributed by atoms with Crippen molar-refractivity contribution in [3.63, 3.8) is 0 Å². The Morgan fingerprint density at radius 2 is 1.64 bits per heavy atom. The summed E-state index contributed by atoms with van der Waals surface area (Å²) in [5.41, 5.74) is 6.33. The van der Waals surface area contributed by atoms with Gasteiger partial charge in [-0.15, -0.1) is 10.2 Å². The van der Waals surface area contributed by atoms with Crippen LogP contribution in [-0.4, -0.2) is 32.4 Å². The maximum absolute atomic E-state index is 11.0. The zero-order valence-electron chi connectivity index (χ0n) is 25.6. The molecule has 0 aliphatic carbocycles. The number of carboxylic acids is 1. The van der Waals surface area contributed by atoms with Crippen LogP contribution in [0.5, 0.6) is 5.75 Å². The van der Waals surface area contributed by atoms with Gasteiger partial charge in [-0.25, -0.2) is 0 Å². The van der Waals surface area contributed by atoms with Crippen LogP contribution in [0.25, 0.3) is 11.4 Å². The molecule has 5 aromatic rings. The van der Waals surface area contributed by atoms with E-state index in [9.17, 15) is 4.79 Å². The van der Waals surface area contributed by atoms with Crippen LogP contribution in [0.15, 0.2) is 107 Å². The molecule has 0 atom stereocenters. The second-order valence-electron chi connectivity index (χ2n) is 11.8. The molecule has 7 nitrogen and oxygen atoms in total. The lowest BCUT2D eigenvalue weighted by molar-refractivity contribution is -0.136. The van der Waals surface area contributed by atoms with Crippen LogP contribution in [0, 0.1) is 0 Å². The molecule has 0 aliphatic rings. The summed E-state index contributed by atoms with van der Waals surface area (Å²) in [5.74, 6) is 0.789. The number of nitrogens with one attached hydrogen (secondary N) is 1. The average Bonchev–Trinajstić information content (AvgIpc) is 3.36. The van der Waals surface area contributed by atoms with E-state index in [2.05, 4.69) is 90.9 Å². The Labute approximate surface area is 263 Å². The van der Waals surface area contributed by atoms with Crippen molar-refractivity contribution in [1.29, 1.82) is 0 Å². The third kappa shape index (κ3) is 8.08. The summed E-state index contributed by atoms with van der Waals surface area (Å²) in [4.78, 5) is 12.0. The smallest absolute Gasteiger partial charge is 0.307 e. The van der Waals surface area contributed by atoms with E-state index in [0.29, 0.717) is 13.2 Å². The zero-order valence-corrected chi connectivity index (χ0v) is 26.4. The number of hydrogen-bond donors (Lipinski definition) is 2. The van der Waals surface area contributed by atoms with Crippen molar-refractivity contribution in [3.8, 4) is 17.1 Å². The molecule has 0 fully saturated rings. The molecule has 0 saturated heterocycles. The van der Waals surface area contributed by atoms with Gasteiger partial charge in [0.05, 0.1) is 13.0 Å². The molecule has 0 amide bonds. The van der Waals surface area contributed by atoms with Crippen LogP contribution < -0.4 is 10.1 Å². The van der Waals surface area contributed by atoms with Gasteiger partial charge in [-0.05, 0) is 58.1 Å². The van der Waals surface area contributed by atoms with Crippen LogP contribution in [0.2, 0.25) is 0 Å². The molecule has 1 aromatic heterocycles. The lowest BCUT2D eigenvalue weighted by Crippen LogP contribution is -2.10. The fourth-order valence-electron chi connectivity index (χ4n) is 4.79. The van der Waals surface area contributed by atoms with E-state index in [1.54, 1.807) is 11.8 Å². The largest absolute Gasteiger partial charge is 0.493 e. The highest BCUT2D eigenvalue weighted by molar-refractivity contribution is 7.99. The molecule has 2 N–H and O–H groups in total. The van der Waals surface area contributed by atoms with Gasteiger partial charge in [0.25, 0.3) is 0 Å². The Balaban J connectivity index is 1.32. The highest BCUT2D eigenvalue weighted by atomic mass is 32.2. The molecule has 0 spiro atoms. The first-order chi connectivity index (χ1) is 21.2. The Bertz CT molecular complexity index is 1690. The Morgan fingerprint density at radius 1 is 0.909 bits per heavy atom. The van der Waals surface area contributed by atoms with Crippen molar-refractivity contribution < 1.29 is 14.6 Å². The quantitative estimate of drug-likeness (QED) is 0.150. The number of ether oxygens (including phenoxy) is 1. The van der Waals surface area contributed by atoms with Gasteiger partial charge in [-0.1, -0.05) is 93.6 Å². The van der Waals surface area contributed by atoms with Gasteiger partial charge in [0.15, 0.2) is 11.0 Å². The molecule has 5 rings (SSSR count). The fraction of sp³-hybridized carbons (Fsp3) is 0.250. The van der Waals surface area contributed by atoms with Gasteiger partial charge < -0.3 is 19.7 Å². The second kappa shape index (κ2) is 13.8. The molecule has 44 heavy (non-hydrogen) atoms. The van der Waals surface area contributed by atoms with E-state index in [-0.39, 0.29) is 11.8 Å².